The monoisotopic (exact) mass is 290 g/mol. The van der Waals surface area contributed by atoms with E-state index in [1.165, 1.54) is 18.3 Å². The van der Waals surface area contributed by atoms with Crippen molar-refractivity contribution in [2.75, 3.05) is 13.1 Å². The van der Waals surface area contributed by atoms with Gasteiger partial charge in [-0.15, -0.1) is 0 Å². The van der Waals surface area contributed by atoms with E-state index in [-0.39, 0.29) is 17.2 Å². The topological polar surface area (TPSA) is 70.5 Å². The summed E-state index contributed by atoms with van der Waals surface area (Å²) < 4.78 is 0. The molecule has 0 aromatic carbocycles. The van der Waals surface area contributed by atoms with E-state index in [9.17, 15) is 14.7 Å². The smallest absolute Gasteiger partial charge is 0.338 e. The highest BCUT2D eigenvalue weighted by Gasteiger charge is 2.26. The van der Waals surface area contributed by atoms with E-state index in [1.807, 2.05) is 0 Å². The van der Waals surface area contributed by atoms with Crippen molar-refractivity contribution in [1.29, 1.82) is 0 Å². The summed E-state index contributed by atoms with van der Waals surface area (Å²) in [5.74, 6) is -0.131. The van der Waals surface area contributed by atoms with E-state index in [0.717, 1.165) is 19.3 Å². The van der Waals surface area contributed by atoms with Gasteiger partial charge in [0.2, 0.25) is 0 Å². The zero-order valence-electron chi connectivity index (χ0n) is 12.6. The molecule has 1 fully saturated rings. The van der Waals surface area contributed by atoms with Gasteiger partial charge in [-0.2, -0.15) is 0 Å². The zero-order chi connectivity index (χ0) is 15.4. The first-order valence-corrected chi connectivity index (χ1v) is 7.48. The van der Waals surface area contributed by atoms with E-state index in [0.29, 0.717) is 24.9 Å². The first-order chi connectivity index (χ1) is 10.0. The molecule has 0 spiro atoms. The molecule has 1 saturated heterocycles. The number of amides is 1. The van der Waals surface area contributed by atoms with Crippen LogP contribution in [0.25, 0.3) is 0 Å². The van der Waals surface area contributed by atoms with Gasteiger partial charge in [-0.3, -0.25) is 9.78 Å². The maximum atomic E-state index is 12.6. The highest BCUT2D eigenvalue weighted by atomic mass is 16.4. The third-order valence-electron chi connectivity index (χ3n) is 4.24. The SMILES string of the molecule is CC(C)C1CCCN(C(=O)c2ncccc2C(=O)O)CC1. The van der Waals surface area contributed by atoms with Crippen molar-refractivity contribution in [3.05, 3.63) is 29.6 Å². The van der Waals surface area contributed by atoms with Gasteiger partial charge in [0.05, 0.1) is 5.56 Å². The highest BCUT2D eigenvalue weighted by molar-refractivity contribution is 6.03. The standard InChI is InChI=1S/C16H22N2O3/c1-11(2)12-5-4-9-18(10-7-12)15(19)14-13(16(20)21)6-3-8-17-14/h3,6,8,11-12H,4-5,7,9-10H2,1-2H3,(H,20,21). The van der Waals surface area contributed by atoms with Crippen LogP contribution in [-0.2, 0) is 0 Å². The van der Waals surface area contributed by atoms with E-state index in [4.69, 9.17) is 0 Å². The lowest BCUT2D eigenvalue weighted by Gasteiger charge is -2.21. The summed E-state index contributed by atoms with van der Waals surface area (Å²) in [6, 6.07) is 2.97. The van der Waals surface area contributed by atoms with E-state index < -0.39 is 5.97 Å². The minimum Gasteiger partial charge on any atom is -0.478 e. The molecule has 21 heavy (non-hydrogen) atoms. The fraction of sp³-hybridized carbons (Fsp3) is 0.562. The molecule has 5 heteroatoms. The number of carboxylic acids is 1. The van der Waals surface area contributed by atoms with Crippen molar-refractivity contribution >= 4 is 11.9 Å². The number of rotatable bonds is 3. The molecular weight excluding hydrogens is 268 g/mol. The molecule has 1 aromatic rings. The molecular formula is C16H22N2O3. The van der Waals surface area contributed by atoms with Crippen LogP contribution in [0.4, 0.5) is 0 Å². The fourth-order valence-corrected chi connectivity index (χ4v) is 2.89. The predicted octanol–water partition coefficient (Wildman–Crippen LogP) is 2.68. The van der Waals surface area contributed by atoms with E-state index >= 15 is 0 Å². The van der Waals surface area contributed by atoms with Crippen molar-refractivity contribution in [3.8, 4) is 0 Å². The van der Waals surface area contributed by atoms with Gasteiger partial charge in [0.15, 0.2) is 0 Å². The highest BCUT2D eigenvalue weighted by Crippen LogP contribution is 2.25. The number of nitrogens with zero attached hydrogens (tertiary/aromatic N) is 2. The second kappa shape index (κ2) is 6.70. The number of pyridine rings is 1. The van der Waals surface area contributed by atoms with Crippen molar-refractivity contribution < 1.29 is 14.7 Å². The summed E-state index contributed by atoms with van der Waals surface area (Å²) in [5.41, 5.74) is 0.0279. The Bertz CT molecular complexity index is 528. The van der Waals surface area contributed by atoms with Gasteiger partial charge in [-0.25, -0.2) is 4.79 Å². The van der Waals surface area contributed by atoms with Gasteiger partial charge in [0.1, 0.15) is 5.69 Å². The molecule has 1 amide bonds. The van der Waals surface area contributed by atoms with Crippen LogP contribution in [0.15, 0.2) is 18.3 Å². The summed E-state index contributed by atoms with van der Waals surface area (Å²) in [7, 11) is 0. The fourth-order valence-electron chi connectivity index (χ4n) is 2.89. The van der Waals surface area contributed by atoms with Crippen molar-refractivity contribution in [1.82, 2.24) is 9.88 Å². The van der Waals surface area contributed by atoms with Gasteiger partial charge in [-0.05, 0) is 43.2 Å². The minimum absolute atomic E-state index is 0.0212. The van der Waals surface area contributed by atoms with E-state index in [2.05, 4.69) is 18.8 Å². The van der Waals surface area contributed by atoms with Crippen LogP contribution in [0.2, 0.25) is 0 Å². The molecule has 0 radical (unpaired) electrons. The summed E-state index contributed by atoms with van der Waals surface area (Å²) in [6.07, 6.45) is 4.52. The Hall–Kier alpha value is -1.91. The van der Waals surface area contributed by atoms with Crippen molar-refractivity contribution in [3.63, 3.8) is 0 Å². The Morgan fingerprint density at radius 3 is 2.76 bits per heavy atom. The lowest BCUT2D eigenvalue weighted by Crippen LogP contribution is -2.34. The number of carbonyl (C=O) groups is 2. The molecule has 1 unspecified atom stereocenters. The Morgan fingerprint density at radius 2 is 2.10 bits per heavy atom. The zero-order valence-corrected chi connectivity index (χ0v) is 12.6. The van der Waals surface area contributed by atoms with Crippen LogP contribution in [0.3, 0.4) is 0 Å². The van der Waals surface area contributed by atoms with Gasteiger partial charge >= 0.3 is 5.97 Å². The average molecular weight is 290 g/mol. The molecule has 1 aliphatic rings. The largest absolute Gasteiger partial charge is 0.478 e. The first kappa shape index (κ1) is 15.5. The molecule has 1 aromatic heterocycles. The van der Waals surface area contributed by atoms with Crippen LogP contribution in [0.5, 0.6) is 0 Å². The molecule has 2 rings (SSSR count). The molecule has 114 valence electrons. The molecule has 1 atom stereocenters. The van der Waals surface area contributed by atoms with Crippen LogP contribution in [-0.4, -0.2) is 40.0 Å². The second-order valence-corrected chi connectivity index (χ2v) is 5.93. The maximum absolute atomic E-state index is 12.6. The number of hydrogen-bond donors (Lipinski definition) is 1. The Balaban J connectivity index is 2.15. The molecule has 5 nitrogen and oxygen atoms in total. The number of carboxylic acid groups (broad SMARTS) is 1. The average Bonchev–Trinajstić information content (AvgIpc) is 2.72. The summed E-state index contributed by atoms with van der Waals surface area (Å²) in [6.45, 7) is 5.78. The summed E-state index contributed by atoms with van der Waals surface area (Å²) in [4.78, 5) is 29.5. The number of aromatic carboxylic acids is 1. The molecule has 1 N–H and O–H groups in total. The van der Waals surface area contributed by atoms with E-state index in [1.54, 1.807) is 4.90 Å². The Kier molecular flexibility index (Phi) is 4.94. The number of hydrogen-bond acceptors (Lipinski definition) is 3. The molecule has 1 aliphatic heterocycles. The number of carbonyl (C=O) groups excluding carboxylic acids is 1. The normalized spacial score (nSPS) is 19.4. The third kappa shape index (κ3) is 3.60. The number of likely N-dealkylation sites (tertiary alicyclic amines) is 1. The molecule has 2 heterocycles. The van der Waals surface area contributed by atoms with Gasteiger partial charge in [0, 0.05) is 19.3 Å². The van der Waals surface area contributed by atoms with Gasteiger partial charge < -0.3 is 10.0 Å². The predicted molar refractivity (Wildman–Crippen MR) is 79.3 cm³/mol. The van der Waals surface area contributed by atoms with Crippen molar-refractivity contribution in [2.24, 2.45) is 11.8 Å². The van der Waals surface area contributed by atoms with Crippen LogP contribution < -0.4 is 0 Å². The van der Waals surface area contributed by atoms with Crippen molar-refractivity contribution in [2.45, 2.75) is 33.1 Å². The van der Waals surface area contributed by atoms with Gasteiger partial charge in [-0.1, -0.05) is 13.8 Å². The lowest BCUT2D eigenvalue weighted by molar-refractivity contribution is 0.0672. The molecule has 0 bridgehead atoms. The third-order valence-corrected chi connectivity index (χ3v) is 4.24. The Morgan fingerprint density at radius 1 is 1.33 bits per heavy atom. The summed E-state index contributed by atoms with van der Waals surface area (Å²) >= 11 is 0. The van der Waals surface area contributed by atoms with Crippen LogP contribution in [0, 0.1) is 11.8 Å². The number of aromatic nitrogens is 1. The first-order valence-electron chi connectivity index (χ1n) is 7.48. The molecule has 0 aliphatic carbocycles. The quantitative estimate of drug-likeness (QED) is 0.929. The lowest BCUT2D eigenvalue weighted by atomic mass is 9.89. The maximum Gasteiger partial charge on any atom is 0.338 e. The Labute approximate surface area is 125 Å². The van der Waals surface area contributed by atoms with Gasteiger partial charge in [0.25, 0.3) is 5.91 Å². The minimum atomic E-state index is -1.11. The van der Waals surface area contributed by atoms with Crippen LogP contribution >= 0.6 is 0 Å². The second-order valence-electron chi connectivity index (χ2n) is 5.93. The molecule has 0 saturated carbocycles. The summed E-state index contributed by atoms with van der Waals surface area (Å²) in [5, 5.41) is 9.17. The van der Waals surface area contributed by atoms with Crippen LogP contribution in [0.1, 0.15) is 54.0 Å².